The number of rotatable bonds is 4. The summed E-state index contributed by atoms with van der Waals surface area (Å²) in [6.45, 7) is 0.629. The lowest BCUT2D eigenvalue weighted by molar-refractivity contribution is 0.300. The summed E-state index contributed by atoms with van der Waals surface area (Å²) in [5.74, 6) is 0. The van der Waals surface area contributed by atoms with Crippen molar-refractivity contribution in [3.05, 3.63) is 40.8 Å². The van der Waals surface area contributed by atoms with Crippen LogP contribution in [0.4, 0.5) is 5.69 Å². The van der Waals surface area contributed by atoms with Crippen molar-refractivity contribution >= 4 is 17.0 Å². The van der Waals surface area contributed by atoms with Gasteiger partial charge < -0.3 is 16.6 Å². The molecule has 1 heterocycles. The molecule has 2 aromatic rings. The van der Waals surface area contributed by atoms with Crippen molar-refractivity contribution in [3.63, 3.8) is 0 Å². The first-order valence-electron chi connectivity index (χ1n) is 5.53. The zero-order chi connectivity index (χ0) is 12.3. The number of thiophene rings is 1. The van der Waals surface area contributed by atoms with Crippen LogP contribution < -0.4 is 11.5 Å². The summed E-state index contributed by atoms with van der Waals surface area (Å²) in [5, 5.41) is 11.0. The number of hydrogen-bond donors (Lipinski definition) is 3. The lowest BCUT2D eigenvalue weighted by atomic mass is 10.0. The van der Waals surface area contributed by atoms with E-state index in [1.807, 2.05) is 29.6 Å². The second-order valence-corrected chi connectivity index (χ2v) is 4.75. The van der Waals surface area contributed by atoms with Crippen molar-refractivity contribution in [1.82, 2.24) is 0 Å². The molecule has 1 aromatic heterocycles. The van der Waals surface area contributed by atoms with Gasteiger partial charge in [-0.2, -0.15) is 0 Å². The van der Waals surface area contributed by atoms with E-state index in [0.717, 1.165) is 27.3 Å². The Hall–Kier alpha value is -1.36. The number of nitrogen functional groups attached to an aromatic ring is 1. The van der Waals surface area contributed by atoms with Crippen molar-refractivity contribution in [1.29, 1.82) is 0 Å². The number of aliphatic hydroxyl groups is 1. The normalized spacial score (nSPS) is 10.7. The Balaban J connectivity index is 2.49. The molecular weight excluding hydrogens is 232 g/mol. The van der Waals surface area contributed by atoms with Gasteiger partial charge in [-0.05, 0) is 29.0 Å². The molecule has 0 aliphatic heterocycles. The quantitative estimate of drug-likeness (QED) is 0.725. The Morgan fingerprint density at radius 2 is 2.00 bits per heavy atom. The molecule has 0 radical (unpaired) electrons. The first-order chi connectivity index (χ1) is 8.27. The summed E-state index contributed by atoms with van der Waals surface area (Å²) in [7, 11) is 0. The van der Waals surface area contributed by atoms with E-state index in [2.05, 4.69) is 0 Å². The summed E-state index contributed by atoms with van der Waals surface area (Å²) in [6.07, 6.45) is 0.586. The summed E-state index contributed by atoms with van der Waals surface area (Å²) >= 11 is 1.65. The van der Waals surface area contributed by atoms with E-state index in [0.29, 0.717) is 13.0 Å². The average molecular weight is 248 g/mol. The molecule has 0 fully saturated rings. The second-order valence-electron chi connectivity index (χ2n) is 3.83. The Morgan fingerprint density at radius 1 is 1.18 bits per heavy atom. The first kappa shape index (κ1) is 12.1. The molecule has 0 spiro atoms. The van der Waals surface area contributed by atoms with Crippen molar-refractivity contribution in [3.8, 4) is 10.4 Å². The number of nitrogens with two attached hydrogens (primary N) is 2. The molecule has 0 saturated heterocycles. The van der Waals surface area contributed by atoms with Crippen LogP contribution in [0.1, 0.15) is 11.1 Å². The minimum atomic E-state index is 0.113. The molecule has 0 atom stereocenters. The van der Waals surface area contributed by atoms with E-state index < -0.39 is 0 Å². The standard InChI is InChI=1S/C13H16N2OS/c14-8-10-5-7-17-13(10)11-3-1-2-9(4-6-16)12(11)15/h1-3,5,7,16H,4,6,8,14-15H2. The van der Waals surface area contributed by atoms with Gasteiger partial charge in [0, 0.05) is 29.3 Å². The number of benzene rings is 1. The number of anilines is 1. The van der Waals surface area contributed by atoms with E-state index in [1.54, 1.807) is 11.3 Å². The van der Waals surface area contributed by atoms with Crippen molar-refractivity contribution in [2.75, 3.05) is 12.3 Å². The van der Waals surface area contributed by atoms with Crippen LogP contribution in [0, 0.1) is 0 Å². The smallest absolute Gasteiger partial charge is 0.0472 e. The van der Waals surface area contributed by atoms with Gasteiger partial charge in [-0.25, -0.2) is 0 Å². The van der Waals surface area contributed by atoms with Crippen molar-refractivity contribution in [2.45, 2.75) is 13.0 Å². The third kappa shape index (κ3) is 2.34. The Morgan fingerprint density at radius 3 is 2.71 bits per heavy atom. The first-order valence-corrected chi connectivity index (χ1v) is 6.41. The highest BCUT2D eigenvalue weighted by atomic mass is 32.1. The number of hydrogen-bond acceptors (Lipinski definition) is 4. The lowest BCUT2D eigenvalue weighted by Crippen LogP contribution is -2.01. The van der Waals surface area contributed by atoms with Gasteiger partial charge in [-0.15, -0.1) is 11.3 Å². The van der Waals surface area contributed by atoms with Gasteiger partial charge in [-0.1, -0.05) is 18.2 Å². The molecule has 0 unspecified atom stereocenters. The SMILES string of the molecule is NCc1ccsc1-c1cccc(CCO)c1N. The fourth-order valence-electron chi connectivity index (χ4n) is 1.88. The fourth-order valence-corrected chi connectivity index (χ4v) is 2.86. The highest BCUT2D eigenvalue weighted by molar-refractivity contribution is 7.13. The van der Waals surface area contributed by atoms with Gasteiger partial charge in [-0.3, -0.25) is 0 Å². The highest BCUT2D eigenvalue weighted by Gasteiger charge is 2.11. The van der Waals surface area contributed by atoms with Gasteiger partial charge in [0.2, 0.25) is 0 Å². The molecule has 4 heteroatoms. The van der Waals surface area contributed by atoms with E-state index in [1.165, 1.54) is 0 Å². The van der Waals surface area contributed by atoms with Crippen molar-refractivity contribution in [2.24, 2.45) is 5.73 Å². The topological polar surface area (TPSA) is 72.3 Å². The molecule has 5 N–H and O–H groups in total. The fraction of sp³-hybridized carbons (Fsp3) is 0.231. The van der Waals surface area contributed by atoms with Crippen LogP contribution >= 0.6 is 11.3 Å². The number of para-hydroxylation sites is 1. The Labute approximate surface area is 105 Å². The largest absolute Gasteiger partial charge is 0.398 e. The van der Waals surface area contributed by atoms with Crippen LogP contribution in [0.15, 0.2) is 29.6 Å². The van der Waals surface area contributed by atoms with E-state index in [4.69, 9.17) is 16.6 Å². The van der Waals surface area contributed by atoms with Gasteiger partial charge in [0.1, 0.15) is 0 Å². The summed E-state index contributed by atoms with van der Waals surface area (Å²) < 4.78 is 0. The van der Waals surface area contributed by atoms with Crippen LogP contribution in [0.25, 0.3) is 10.4 Å². The van der Waals surface area contributed by atoms with E-state index in [9.17, 15) is 0 Å². The maximum absolute atomic E-state index is 8.99. The molecule has 0 amide bonds. The maximum Gasteiger partial charge on any atom is 0.0472 e. The molecule has 0 bridgehead atoms. The molecule has 0 saturated carbocycles. The third-order valence-corrected chi connectivity index (χ3v) is 3.78. The van der Waals surface area contributed by atoms with Crippen LogP contribution in [0.3, 0.4) is 0 Å². The second kappa shape index (κ2) is 5.31. The van der Waals surface area contributed by atoms with Crippen LogP contribution in [-0.4, -0.2) is 11.7 Å². The van der Waals surface area contributed by atoms with E-state index >= 15 is 0 Å². The molecule has 0 aliphatic carbocycles. The van der Waals surface area contributed by atoms with Crippen LogP contribution in [0.2, 0.25) is 0 Å². The molecule has 1 aromatic carbocycles. The Kier molecular flexibility index (Phi) is 3.78. The predicted octanol–water partition coefficient (Wildman–Crippen LogP) is 1.99. The molecule has 17 heavy (non-hydrogen) atoms. The zero-order valence-electron chi connectivity index (χ0n) is 9.52. The van der Waals surface area contributed by atoms with Crippen molar-refractivity contribution < 1.29 is 5.11 Å². The van der Waals surface area contributed by atoms with Gasteiger partial charge in [0.05, 0.1) is 0 Å². The van der Waals surface area contributed by atoms with Crippen LogP contribution in [0.5, 0.6) is 0 Å². The monoisotopic (exact) mass is 248 g/mol. The Bertz CT molecular complexity index is 508. The van der Waals surface area contributed by atoms with Gasteiger partial charge in [0.25, 0.3) is 0 Å². The van der Waals surface area contributed by atoms with E-state index in [-0.39, 0.29) is 6.61 Å². The average Bonchev–Trinajstić information content (AvgIpc) is 2.80. The van der Waals surface area contributed by atoms with Gasteiger partial charge in [0.15, 0.2) is 0 Å². The van der Waals surface area contributed by atoms with Gasteiger partial charge >= 0.3 is 0 Å². The molecule has 3 nitrogen and oxygen atoms in total. The molecule has 0 aliphatic rings. The number of aliphatic hydroxyl groups excluding tert-OH is 1. The molecular formula is C13H16N2OS. The maximum atomic E-state index is 8.99. The molecule has 90 valence electrons. The third-order valence-electron chi connectivity index (χ3n) is 2.79. The molecule has 2 rings (SSSR count). The lowest BCUT2D eigenvalue weighted by Gasteiger charge is -2.10. The minimum absolute atomic E-state index is 0.113. The highest BCUT2D eigenvalue weighted by Crippen LogP contribution is 2.35. The minimum Gasteiger partial charge on any atom is -0.398 e. The summed E-state index contributed by atoms with van der Waals surface area (Å²) in [6, 6.07) is 7.95. The summed E-state index contributed by atoms with van der Waals surface area (Å²) in [5.41, 5.74) is 15.7. The van der Waals surface area contributed by atoms with Crippen LogP contribution in [-0.2, 0) is 13.0 Å². The summed E-state index contributed by atoms with van der Waals surface area (Å²) in [4.78, 5) is 1.13. The zero-order valence-corrected chi connectivity index (χ0v) is 10.3. The predicted molar refractivity (Wildman–Crippen MR) is 72.8 cm³/mol.